The number of nitrogens with zero attached hydrogens (tertiary/aromatic N) is 1. The maximum Gasteiger partial charge on any atom is 0.168 e. The number of carbonyl (C=O) groups excluding carboxylic acids is 1. The molecule has 6 nitrogen and oxygen atoms in total. The first-order chi connectivity index (χ1) is 17.6. The average molecular weight is 504 g/mol. The highest BCUT2D eigenvalue weighted by atomic mass is 16.5. The van der Waals surface area contributed by atoms with Gasteiger partial charge in [0, 0.05) is 25.0 Å². The van der Waals surface area contributed by atoms with E-state index >= 15 is 0 Å². The molecule has 37 heavy (non-hydrogen) atoms. The molecule has 0 fully saturated rings. The first-order valence-electron chi connectivity index (χ1n) is 13.0. The predicted molar refractivity (Wildman–Crippen MR) is 145 cm³/mol. The van der Waals surface area contributed by atoms with Crippen LogP contribution in [-0.2, 0) is 12.8 Å². The van der Waals surface area contributed by atoms with Crippen molar-refractivity contribution in [3.05, 3.63) is 82.4 Å². The number of aromatic hydroxyl groups is 3. The Hall–Kier alpha value is -3.51. The molecule has 1 aliphatic rings. The highest BCUT2D eigenvalue weighted by molar-refractivity contribution is 6.02. The standard InChI is InChI=1S/C31H37NO5/c1-19(2)32(20(3)4)13-14-37-26-11-5-21(6-12-26)15-24-18-29(35)31(36)30-27(24)16-23(17-28(30)34)22-7-9-25(33)10-8-22/h5-12,18-20,23,33,35-36H,13-17H2,1-4H3. The van der Waals surface area contributed by atoms with E-state index in [0.717, 1.165) is 34.5 Å². The fourth-order valence-electron chi connectivity index (χ4n) is 5.37. The van der Waals surface area contributed by atoms with Crippen molar-refractivity contribution in [2.24, 2.45) is 0 Å². The van der Waals surface area contributed by atoms with Gasteiger partial charge in [-0.1, -0.05) is 24.3 Å². The summed E-state index contributed by atoms with van der Waals surface area (Å²) in [6.07, 6.45) is 1.32. The highest BCUT2D eigenvalue weighted by Gasteiger charge is 2.32. The van der Waals surface area contributed by atoms with E-state index in [0.29, 0.717) is 31.5 Å². The number of rotatable bonds is 9. The number of Topliss-reactive ketones (excluding diaryl/α,β-unsaturated/α-hetero) is 1. The molecule has 4 rings (SSSR count). The van der Waals surface area contributed by atoms with Gasteiger partial charge in [0.05, 0.1) is 5.56 Å². The number of benzene rings is 3. The minimum atomic E-state index is -0.339. The molecular weight excluding hydrogens is 466 g/mol. The Morgan fingerprint density at radius 2 is 1.57 bits per heavy atom. The van der Waals surface area contributed by atoms with Crippen molar-refractivity contribution in [2.45, 2.75) is 65.0 Å². The Labute approximate surface area is 219 Å². The minimum absolute atomic E-state index is 0.0599. The first kappa shape index (κ1) is 26.6. The van der Waals surface area contributed by atoms with Crippen LogP contribution in [-0.4, -0.2) is 51.2 Å². The van der Waals surface area contributed by atoms with Crippen molar-refractivity contribution in [1.29, 1.82) is 0 Å². The van der Waals surface area contributed by atoms with Crippen LogP contribution in [0.25, 0.3) is 0 Å². The SMILES string of the molecule is CC(C)N(CCOc1ccc(Cc2cc(O)c(O)c3c2CC(c2ccc(O)cc2)CC3=O)cc1)C(C)C. The summed E-state index contributed by atoms with van der Waals surface area (Å²) in [7, 11) is 0. The second-order valence-electron chi connectivity index (χ2n) is 10.5. The Morgan fingerprint density at radius 1 is 0.919 bits per heavy atom. The molecule has 196 valence electrons. The van der Waals surface area contributed by atoms with E-state index in [1.54, 1.807) is 18.2 Å². The van der Waals surface area contributed by atoms with Gasteiger partial charge in [0.1, 0.15) is 18.1 Å². The molecule has 0 bridgehead atoms. The molecule has 0 amide bonds. The van der Waals surface area contributed by atoms with Crippen LogP contribution in [0.1, 0.15) is 72.6 Å². The van der Waals surface area contributed by atoms with Gasteiger partial charge in [-0.25, -0.2) is 0 Å². The molecule has 1 unspecified atom stereocenters. The van der Waals surface area contributed by atoms with Crippen LogP contribution < -0.4 is 4.74 Å². The summed E-state index contributed by atoms with van der Waals surface area (Å²) in [5.74, 6) is 0.122. The summed E-state index contributed by atoms with van der Waals surface area (Å²) in [6.45, 7) is 10.2. The third-order valence-corrected chi connectivity index (χ3v) is 7.27. The fourth-order valence-corrected chi connectivity index (χ4v) is 5.37. The summed E-state index contributed by atoms with van der Waals surface area (Å²) in [5, 5.41) is 30.5. The van der Waals surface area contributed by atoms with Crippen molar-refractivity contribution in [1.82, 2.24) is 4.90 Å². The van der Waals surface area contributed by atoms with E-state index < -0.39 is 0 Å². The number of phenolic OH excluding ortho intramolecular Hbond substituents is 3. The smallest absolute Gasteiger partial charge is 0.168 e. The number of ketones is 1. The lowest BCUT2D eigenvalue weighted by molar-refractivity contribution is 0.0960. The number of hydrogen-bond acceptors (Lipinski definition) is 6. The van der Waals surface area contributed by atoms with Crippen LogP contribution >= 0.6 is 0 Å². The van der Waals surface area contributed by atoms with Crippen LogP contribution in [0.5, 0.6) is 23.0 Å². The van der Waals surface area contributed by atoms with Gasteiger partial charge >= 0.3 is 0 Å². The molecule has 3 aromatic carbocycles. The van der Waals surface area contributed by atoms with Gasteiger partial charge < -0.3 is 20.1 Å². The molecule has 0 saturated heterocycles. The summed E-state index contributed by atoms with van der Waals surface area (Å²) >= 11 is 0. The minimum Gasteiger partial charge on any atom is -0.508 e. The lowest BCUT2D eigenvalue weighted by atomic mass is 9.76. The molecule has 0 aromatic heterocycles. The molecule has 3 aromatic rings. The molecule has 0 saturated carbocycles. The van der Waals surface area contributed by atoms with Crippen LogP contribution in [0.2, 0.25) is 0 Å². The Balaban J connectivity index is 1.51. The van der Waals surface area contributed by atoms with Crippen molar-refractivity contribution in [3.63, 3.8) is 0 Å². The molecular formula is C31H37NO5. The highest BCUT2D eigenvalue weighted by Crippen LogP contribution is 2.43. The zero-order chi connectivity index (χ0) is 26.7. The van der Waals surface area contributed by atoms with Crippen LogP contribution in [0, 0.1) is 0 Å². The van der Waals surface area contributed by atoms with E-state index in [1.807, 2.05) is 36.4 Å². The van der Waals surface area contributed by atoms with Gasteiger partial charge in [-0.3, -0.25) is 9.69 Å². The largest absolute Gasteiger partial charge is 0.508 e. The van der Waals surface area contributed by atoms with Crippen LogP contribution in [0.3, 0.4) is 0 Å². The van der Waals surface area contributed by atoms with Crippen molar-refractivity contribution in [3.8, 4) is 23.0 Å². The van der Waals surface area contributed by atoms with Gasteiger partial charge in [-0.05, 0) is 99.0 Å². The van der Waals surface area contributed by atoms with Gasteiger partial charge in [0.15, 0.2) is 17.3 Å². The topological polar surface area (TPSA) is 90.2 Å². The summed E-state index contributed by atoms with van der Waals surface area (Å²) in [5.41, 5.74) is 3.80. The lowest BCUT2D eigenvalue weighted by Crippen LogP contribution is -2.39. The monoisotopic (exact) mass is 503 g/mol. The Bertz CT molecular complexity index is 1220. The van der Waals surface area contributed by atoms with E-state index in [-0.39, 0.29) is 40.9 Å². The number of ether oxygens (including phenoxy) is 1. The average Bonchev–Trinajstić information content (AvgIpc) is 2.85. The van der Waals surface area contributed by atoms with Crippen molar-refractivity contribution in [2.75, 3.05) is 13.2 Å². The number of fused-ring (bicyclic) bond motifs is 1. The van der Waals surface area contributed by atoms with Crippen molar-refractivity contribution >= 4 is 5.78 Å². The van der Waals surface area contributed by atoms with Crippen LogP contribution in [0.15, 0.2) is 54.6 Å². The number of hydrogen-bond donors (Lipinski definition) is 3. The summed E-state index contributed by atoms with van der Waals surface area (Å²) in [4.78, 5) is 15.4. The maximum absolute atomic E-state index is 13.1. The van der Waals surface area contributed by atoms with Gasteiger partial charge in [-0.15, -0.1) is 0 Å². The quantitative estimate of drug-likeness (QED) is 0.320. The molecule has 0 heterocycles. The zero-order valence-corrected chi connectivity index (χ0v) is 22.1. The molecule has 6 heteroatoms. The van der Waals surface area contributed by atoms with Crippen molar-refractivity contribution < 1.29 is 24.9 Å². The molecule has 1 atom stereocenters. The van der Waals surface area contributed by atoms with Gasteiger partial charge in [-0.2, -0.15) is 0 Å². The van der Waals surface area contributed by atoms with Gasteiger partial charge in [0.2, 0.25) is 0 Å². The third-order valence-electron chi connectivity index (χ3n) is 7.27. The zero-order valence-electron chi connectivity index (χ0n) is 22.1. The van der Waals surface area contributed by atoms with Gasteiger partial charge in [0.25, 0.3) is 0 Å². The fraction of sp³-hybridized carbons (Fsp3) is 0.387. The summed E-state index contributed by atoms with van der Waals surface area (Å²) in [6, 6.07) is 17.3. The van der Waals surface area contributed by atoms with E-state index in [2.05, 4.69) is 32.6 Å². The van der Waals surface area contributed by atoms with E-state index in [4.69, 9.17) is 4.74 Å². The second-order valence-corrected chi connectivity index (χ2v) is 10.5. The molecule has 0 radical (unpaired) electrons. The normalized spacial score (nSPS) is 15.4. The third kappa shape index (κ3) is 6.08. The molecule has 3 N–H and O–H groups in total. The Morgan fingerprint density at radius 3 is 2.19 bits per heavy atom. The summed E-state index contributed by atoms with van der Waals surface area (Å²) < 4.78 is 5.98. The predicted octanol–water partition coefficient (Wildman–Crippen LogP) is 5.80. The molecule has 1 aliphatic carbocycles. The lowest BCUT2D eigenvalue weighted by Gasteiger charge is -2.30. The molecule has 0 spiro atoms. The van der Waals surface area contributed by atoms with E-state index in [9.17, 15) is 20.1 Å². The second kappa shape index (κ2) is 11.3. The first-order valence-corrected chi connectivity index (χ1v) is 13.0. The maximum atomic E-state index is 13.1. The van der Waals surface area contributed by atoms with E-state index in [1.165, 1.54) is 0 Å². The number of carbonyl (C=O) groups is 1. The molecule has 0 aliphatic heterocycles. The van der Waals surface area contributed by atoms with Crippen LogP contribution in [0.4, 0.5) is 0 Å². The number of phenols is 3. The Kier molecular flexibility index (Phi) is 8.08.